The van der Waals surface area contributed by atoms with E-state index in [2.05, 4.69) is 10.6 Å². The van der Waals surface area contributed by atoms with E-state index in [-0.39, 0.29) is 6.04 Å². The SMILES string of the molecule is CC(C)(C)[C@@H](NC(=O)NC1CCCOC1)C(=O)O. The Kier molecular flexibility index (Phi) is 4.95. The number of nitrogens with one attached hydrogen (secondary N) is 2. The molecule has 0 aliphatic carbocycles. The Balaban J connectivity index is 2.48. The molecule has 0 aromatic heterocycles. The minimum Gasteiger partial charge on any atom is -0.480 e. The molecule has 0 bridgehead atoms. The van der Waals surface area contributed by atoms with Gasteiger partial charge in [-0.1, -0.05) is 20.8 Å². The summed E-state index contributed by atoms with van der Waals surface area (Å²) < 4.78 is 5.24. The summed E-state index contributed by atoms with van der Waals surface area (Å²) in [6.07, 6.45) is 1.77. The molecular weight excluding hydrogens is 236 g/mol. The van der Waals surface area contributed by atoms with Crippen LogP contribution in [0, 0.1) is 5.41 Å². The molecule has 0 spiro atoms. The van der Waals surface area contributed by atoms with E-state index >= 15 is 0 Å². The average Bonchev–Trinajstić information content (AvgIpc) is 2.25. The summed E-state index contributed by atoms with van der Waals surface area (Å²) in [6.45, 7) is 6.53. The first-order chi connectivity index (χ1) is 8.30. The molecule has 0 radical (unpaired) electrons. The predicted molar refractivity (Wildman–Crippen MR) is 66.4 cm³/mol. The van der Waals surface area contributed by atoms with Crippen LogP contribution in [0.25, 0.3) is 0 Å². The molecule has 1 fully saturated rings. The quantitative estimate of drug-likeness (QED) is 0.703. The molecule has 1 heterocycles. The van der Waals surface area contributed by atoms with Crippen molar-refractivity contribution in [1.82, 2.24) is 10.6 Å². The number of carbonyl (C=O) groups excluding carboxylic acids is 1. The van der Waals surface area contributed by atoms with Crippen molar-refractivity contribution in [2.75, 3.05) is 13.2 Å². The van der Waals surface area contributed by atoms with Gasteiger partial charge in [-0.2, -0.15) is 0 Å². The second-order valence-corrected chi connectivity index (χ2v) is 5.67. The van der Waals surface area contributed by atoms with Crippen LogP contribution in [0.3, 0.4) is 0 Å². The first-order valence-electron chi connectivity index (χ1n) is 6.18. The molecule has 1 unspecified atom stereocenters. The van der Waals surface area contributed by atoms with Crippen molar-refractivity contribution in [3.63, 3.8) is 0 Å². The van der Waals surface area contributed by atoms with Crippen LogP contribution in [-0.4, -0.2) is 42.4 Å². The highest BCUT2D eigenvalue weighted by Gasteiger charge is 2.33. The van der Waals surface area contributed by atoms with Crippen molar-refractivity contribution in [2.45, 2.75) is 45.7 Å². The molecule has 18 heavy (non-hydrogen) atoms. The van der Waals surface area contributed by atoms with E-state index in [1.807, 2.05) is 0 Å². The number of carboxylic acids is 1. The van der Waals surface area contributed by atoms with Gasteiger partial charge < -0.3 is 20.5 Å². The van der Waals surface area contributed by atoms with Crippen LogP contribution in [0.5, 0.6) is 0 Å². The molecule has 1 aliphatic heterocycles. The van der Waals surface area contributed by atoms with Gasteiger partial charge in [0, 0.05) is 6.61 Å². The maximum atomic E-state index is 11.7. The highest BCUT2D eigenvalue weighted by molar-refractivity contribution is 5.83. The van der Waals surface area contributed by atoms with Crippen LogP contribution in [-0.2, 0) is 9.53 Å². The molecule has 1 aliphatic rings. The van der Waals surface area contributed by atoms with Gasteiger partial charge in [-0.3, -0.25) is 0 Å². The molecule has 2 amide bonds. The smallest absolute Gasteiger partial charge is 0.326 e. The van der Waals surface area contributed by atoms with Gasteiger partial charge in [0.15, 0.2) is 0 Å². The van der Waals surface area contributed by atoms with E-state index in [1.54, 1.807) is 20.8 Å². The number of hydrogen-bond donors (Lipinski definition) is 3. The zero-order chi connectivity index (χ0) is 13.8. The predicted octanol–water partition coefficient (Wildman–Crippen LogP) is 0.964. The number of urea groups is 1. The minimum absolute atomic E-state index is 0.0341. The van der Waals surface area contributed by atoms with E-state index in [1.165, 1.54) is 0 Å². The second kappa shape index (κ2) is 6.04. The lowest BCUT2D eigenvalue weighted by Gasteiger charge is -2.29. The number of amides is 2. The standard InChI is InChI=1S/C12H22N2O4/c1-12(2,3)9(10(15)16)14-11(17)13-8-5-4-6-18-7-8/h8-9H,4-7H2,1-3H3,(H,15,16)(H2,13,14,17)/t8?,9-/m0/s1. The number of carboxylic acid groups (broad SMARTS) is 1. The fourth-order valence-electron chi connectivity index (χ4n) is 1.86. The van der Waals surface area contributed by atoms with Gasteiger partial charge in [0.1, 0.15) is 6.04 Å². The van der Waals surface area contributed by atoms with Crippen molar-refractivity contribution in [1.29, 1.82) is 0 Å². The normalized spacial score (nSPS) is 22.1. The molecule has 1 saturated heterocycles. The molecule has 104 valence electrons. The van der Waals surface area contributed by atoms with Gasteiger partial charge in [0.05, 0.1) is 12.6 Å². The maximum absolute atomic E-state index is 11.7. The lowest BCUT2D eigenvalue weighted by molar-refractivity contribution is -0.141. The van der Waals surface area contributed by atoms with Gasteiger partial charge in [-0.25, -0.2) is 9.59 Å². The number of aliphatic carboxylic acids is 1. The zero-order valence-electron chi connectivity index (χ0n) is 11.2. The van der Waals surface area contributed by atoms with E-state index in [4.69, 9.17) is 9.84 Å². The van der Waals surface area contributed by atoms with Crippen molar-refractivity contribution < 1.29 is 19.4 Å². The highest BCUT2D eigenvalue weighted by Crippen LogP contribution is 2.19. The van der Waals surface area contributed by atoms with Crippen molar-refractivity contribution in [2.24, 2.45) is 5.41 Å². The minimum atomic E-state index is -1.03. The summed E-state index contributed by atoms with van der Waals surface area (Å²) in [7, 11) is 0. The second-order valence-electron chi connectivity index (χ2n) is 5.67. The Hall–Kier alpha value is -1.30. The highest BCUT2D eigenvalue weighted by atomic mass is 16.5. The molecule has 3 N–H and O–H groups in total. The number of ether oxygens (including phenoxy) is 1. The fraction of sp³-hybridized carbons (Fsp3) is 0.833. The summed E-state index contributed by atoms with van der Waals surface area (Å²) in [5.41, 5.74) is -0.535. The summed E-state index contributed by atoms with van der Waals surface area (Å²) in [6, 6.07) is -1.40. The molecule has 1 rings (SSSR count). The lowest BCUT2D eigenvalue weighted by Crippen LogP contribution is -2.54. The van der Waals surface area contributed by atoms with Crippen LogP contribution in [0.4, 0.5) is 4.79 Å². The third kappa shape index (κ3) is 4.52. The Labute approximate surface area is 107 Å². The maximum Gasteiger partial charge on any atom is 0.326 e. The third-order valence-electron chi connectivity index (χ3n) is 2.88. The van der Waals surface area contributed by atoms with Gasteiger partial charge in [-0.15, -0.1) is 0 Å². The number of carbonyl (C=O) groups is 2. The first-order valence-corrected chi connectivity index (χ1v) is 6.18. The Morgan fingerprint density at radius 1 is 1.39 bits per heavy atom. The van der Waals surface area contributed by atoms with Gasteiger partial charge in [0.25, 0.3) is 0 Å². The van der Waals surface area contributed by atoms with Crippen LogP contribution < -0.4 is 10.6 Å². The molecule has 0 saturated carbocycles. The zero-order valence-corrected chi connectivity index (χ0v) is 11.2. The van der Waals surface area contributed by atoms with Gasteiger partial charge >= 0.3 is 12.0 Å². The molecule has 2 atom stereocenters. The topological polar surface area (TPSA) is 87.7 Å². The number of rotatable bonds is 3. The molecule has 0 aromatic carbocycles. The summed E-state index contributed by atoms with van der Waals surface area (Å²) >= 11 is 0. The summed E-state index contributed by atoms with van der Waals surface area (Å²) in [5, 5.41) is 14.3. The lowest BCUT2D eigenvalue weighted by atomic mass is 9.87. The first kappa shape index (κ1) is 14.8. The van der Waals surface area contributed by atoms with Gasteiger partial charge in [-0.05, 0) is 18.3 Å². The molecule has 6 nitrogen and oxygen atoms in total. The Bertz CT molecular complexity index is 306. The van der Waals surface area contributed by atoms with Crippen LogP contribution in [0.15, 0.2) is 0 Å². The summed E-state index contributed by atoms with van der Waals surface area (Å²) in [5.74, 6) is -1.03. The third-order valence-corrected chi connectivity index (χ3v) is 2.88. The Morgan fingerprint density at radius 2 is 2.06 bits per heavy atom. The number of hydrogen-bond acceptors (Lipinski definition) is 3. The van der Waals surface area contributed by atoms with E-state index in [0.717, 1.165) is 19.4 Å². The molecular formula is C12H22N2O4. The van der Waals surface area contributed by atoms with E-state index in [9.17, 15) is 9.59 Å². The average molecular weight is 258 g/mol. The molecule has 0 aromatic rings. The van der Waals surface area contributed by atoms with Crippen molar-refractivity contribution in [3.05, 3.63) is 0 Å². The van der Waals surface area contributed by atoms with Crippen LogP contribution in [0.2, 0.25) is 0 Å². The Morgan fingerprint density at radius 3 is 2.50 bits per heavy atom. The van der Waals surface area contributed by atoms with E-state index in [0.29, 0.717) is 6.61 Å². The molecule has 6 heteroatoms. The van der Waals surface area contributed by atoms with Crippen molar-refractivity contribution >= 4 is 12.0 Å². The summed E-state index contributed by atoms with van der Waals surface area (Å²) in [4.78, 5) is 22.8. The van der Waals surface area contributed by atoms with Crippen LogP contribution >= 0.6 is 0 Å². The monoisotopic (exact) mass is 258 g/mol. The van der Waals surface area contributed by atoms with E-state index < -0.39 is 23.5 Å². The largest absolute Gasteiger partial charge is 0.480 e. The van der Waals surface area contributed by atoms with Gasteiger partial charge in [0.2, 0.25) is 0 Å². The van der Waals surface area contributed by atoms with Crippen LogP contribution in [0.1, 0.15) is 33.6 Å². The fourth-order valence-corrected chi connectivity index (χ4v) is 1.86. The van der Waals surface area contributed by atoms with Crippen molar-refractivity contribution in [3.8, 4) is 0 Å².